The molecule has 0 fully saturated rings. The molecule has 0 saturated carbocycles. The second kappa shape index (κ2) is 14.2. The number of carbonyl (C=O) groups excluding carboxylic acids is 1. The highest BCUT2D eigenvalue weighted by molar-refractivity contribution is 5.91. The average molecular weight is 507 g/mol. The third kappa shape index (κ3) is 7.46. The molecule has 3 aromatic rings. The van der Waals surface area contributed by atoms with Gasteiger partial charge in [0.25, 0.3) is 0 Å². The van der Waals surface area contributed by atoms with Crippen molar-refractivity contribution < 1.29 is 9.53 Å². The Kier molecular flexibility index (Phi) is 12.1. The van der Waals surface area contributed by atoms with Gasteiger partial charge in [0.05, 0.1) is 18.8 Å². The lowest BCUT2D eigenvalue weighted by Gasteiger charge is -2.20. The molecule has 8 nitrogen and oxygen atoms in total. The molecular weight excluding hydrogens is 475 g/mol. The molecule has 184 valence electrons. The number of ether oxygens (including phenoxy) is 1. The lowest BCUT2D eigenvalue weighted by molar-refractivity contribution is 0.252. The largest absolute Gasteiger partial charge is 0.495 e. The minimum absolute atomic E-state index is 0. The van der Waals surface area contributed by atoms with Crippen LogP contribution in [0, 0.1) is 6.92 Å². The highest BCUT2D eigenvalue weighted by Gasteiger charge is 2.15. The molecule has 0 spiro atoms. The fraction of sp³-hybridized carbons (Fsp3) is 0.333. The topological polar surface area (TPSA) is 101 Å². The molecule has 3 N–H and O–H groups in total. The summed E-state index contributed by atoms with van der Waals surface area (Å²) in [6, 6.07) is 9.31. The Morgan fingerprint density at radius 3 is 2.59 bits per heavy atom. The maximum atomic E-state index is 11.9. The van der Waals surface area contributed by atoms with E-state index in [9.17, 15) is 4.79 Å². The first-order valence-electron chi connectivity index (χ1n) is 10.8. The van der Waals surface area contributed by atoms with E-state index in [1.807, 2.05) is 44.4 Å². The Labute approximate surface area is 213 Å². The lowest BCUT2D eigenvalue weighted by Crippen LogP contribution is -2.28. The number of carbonyl (C=O) groups is 1. The highest BCUT2D eigenvalue weighted by atomic mass is 35.5. The molecule has 0 radical (unpaired) electrons. The Bertz CT molecular complexity index is 1050. The molecule has 0 unspecified atom stereocenters. The monoisotopic (exact) mass is 506 g/mol. The van der Waals surface area contributed by atoms with E-state index in [0.717, 1.165) is 35.3 Å². The predicted molar refractivity (Wildman–Crippen MR) is 141 cm³/mol. The number of methoxy groups -OCH3 is 1. The fourth-order valence-electron chi connectivity index (χ4n) is 3.35. The number of amides is 2. The molecule has 0 saturated heterocycles. The molecule has 34 heavy (non-hydrogen) atoms. The summed E-state index contributed by atoms with van der Waals surface area (Å²) in [5, 5.41) is 9.06. The molecule has 0 bridgehead atoms. The molecule has 0 aliphatic heterocycles. The van der Waals surface area contributed by atoms with Crippen molar-refractivity contribution in [3.05, 3.63) is 60.0 Å². The van der Waals surface area contributed by atoms with Crippen molar-refractivity contribution in [2.24, 2.45) is 0 Å². The SMILES string of the molecule is CCC[C@@H](Nc1nc(-c2ccc(NC(=O)NCC)c(OC)c2)ncc1C)c1cccnc1.Cl.Cl. The van der Waals surface area contributed by atoms with Crippen molar-refractivity contribution >= 4 is 42.4 Å². The summed E-state index contributed by atoms with van der Waals surface area (Å²) in [7, 11) is 1.56. The summed E-state index contributed by atoms with van der Waals surface area (Å²) in [4.78, 5) is 25.4. The summed E-state index contributed by atoms with van der Waals surface area (Å²) < 4.78 is 5.47. The van der Waals surface area contributed by atoms with Gasteiger partial charge in [0, 0.05) is 36.3 Å². The van der Waals surface area contributed by atoms with Crippen LogP contribution in [0.4, 0.5) is 16.3 Å². The van der Waals surface area contributed by atoms with Crippen molar-refractivity contribution in [2.45, 2.75) is 39.7 Å². The third-order valence-electron chi connectivity index (χ3n) is 4.99. The van der Waals surface area contributed by atoms with Crippen LogP contribution in [0.3, 0.4) is 0 Å². The Morgan fingerprint density at radius 2 is 1.94 bits per heavy atom. The number of aromatic nitrogens is 3. The first-order valence-corrected chi connectivity index (χ1v) is 10.8. The number of rotatable bonds is 9. The molecule has 1 atom stereocenters. The van der Waals surface area contributed by atoms with Gasteiger partial charge in [-0.15, -0.1) is 24.8 Å². The Morgan fingerprint density at radius 1 is 1.15 bits per heavy atom. The van der Waals surface area contributed by atoms with Crippen LogP contribution in [0.15, 0.2) is 48.9 Å². The zero-order chi connectivity index (χ0) is 22.9. The number of aryl methyl sites for hydroxylation is 1. The average Bonchev–Trinajstić information content (AvgIpc) is 2.81. The molecule has 3 rings (SSSR count). The quantitative estimate of drug-likeness (QED) is 0.339. The molecule has 2 amide bonds. The van der Waals surface area contributed by atoms with Gasteiger partial charge in [-0.1, -0.05) is 19.4 Å². The summed E-state index contributed by atoms with van der Waals surface area (Å²) in [5.74, 6) is 1.88. The summed E-state index contributed by atoms with van der Waals surface area (Å²) in [6.45, 7) is 6.54. The number of hydrogen-bond donors (Lipinski definition) is 3. The second-order valence-corrected chi connectivity index (χ2v) is 7.40. The molecule has 0 aliphatic carbocycles. The van der Waals surface area contributed by atoms with Crippen LogP contribution in [0.5, 0.6) is 5.75 Å². The number of pyridine rings is 1. The minimum atomic E-state index is -0.283. The van der Waals surface area contributed by atoms with Crippen molar-refractivity contribution in [1.29, 1.82) is 0 Å². The van der Waals surface area contributed by atoms with Gasteiger partial charge in [0.15, 0.2) is 5.82 Å². The molecule has 2 aromatic heterocycles. The van der Waals surface area contributed by atoms with Crippen LogP contribution in [0.25, 0.3) is 11.4 Å². The van der Waals surface area contributed by atoms with Crippen LogP contribution < -0.4 is 20.7 Å². The van der Waals surface area contributed by atoms with Gasteiger partial charge in [-0.25, -0.2) is 14.8 Å². The van der Waals surface area contributed by atoms with Crippen LogP contribution in [-0.4, -0.2) is 34.6 Å². The highest BCUT2D eigenvalue weighted by Crippen LogP contribution is 2.31. The van der Waals surface area contributed by atoms with Crippen molar-refractivity contribution in [3.63, 3.8) is 0 Å². The normalized spacial score (nSPS) is 10.8. The van der Waals surface area contributed by atoms with E-state index in [1.165, 1.54) is 0 Å². The first kappa shape index (κ1) is 28.9. The van der Waals surface area contributed by atoms with Crippen molar-refractivity contribution in [1.82, 2.24) is 20.3 Å². The number of benzene rings is 1. The number of nitrogens with zero attached hydrogens (tertiary/aromatic N) is 3. The lowest BCUT2D eigenvalue weighted by atomic mass is 10.0. The van der Waals surface area contributed by atoms with E-state index in [0.29, 0.717) is 23.8 Å². The van der Waals surface area contributed by atoms with E-state index in [1.54, 1.807) is 19.4 Å². The van der Waals surface area contributed by atoms with Crippen LogP contribution in [0.1, 0.15) is 43.9 Å². The number of urea groups is 1. The molecule has 2 heterocycles. The van der Waals surface area contributed by atoms with Crippen LogP contribution in [-0.2, 0) is 0 Å². The summed E-state index contributed by atoms with van der Waals surface area (Å²) >= 11 is 0. The van der Waals surface area contributed by atoms with Gasteiger partial charge in [-0.2, -0.15) is 0 Å². The van der Waals surface area contributed by atoms with Crippen molar-refractivity contribution in [3.8, 4) is 17.1 Å². The number of halogens is 2. The van der Waals surface area contributed by atoms with Crippen LogP contribution >= 0.6 is 24.8 Å². The van der Waals surface area contributed by atoms with E-state index >= 15 is 0 Å². The van der Waals surface area contributed by atoms with Gasteiger partial charge < -0.3 is 20.7 Å². The fourth-order valence-corrected chi connectivity index (χ4v) is 3.35. The Balaban J connectivity index is 0.00000289. The van der Waals surface area contributed by atoms with Crippen LogP contribution in [0.2, 0.25) is 0 Å². The van der Waals surface area contributed by atoms with Crippen molar-refractivity contribution in [2.75, 3.05) is 24.3 Å². The first-order chi connectivity index (χ1) is 15.5. The number of nitrogens with one attached hydrogen (secondary N) is 3. The zero-order valence-corrected chi connectivity index (χ0v) is 21.4. The summed E-state index contributed by atoms with van der Waals surface area (Å²) in [6.07, 6.45) is 7.46. The van der Waals surface area contributed by atoms with E-state index in [-0.39, 0.29) is 36.9 Å². The summed E-state index contributed by atoms with van der Waals surface area (Å²) in [5.41, 5.74) is 3.45. The molecule has 0 aliphatic rings. The van der Waals surface area contributed by atoms with E-state index < -0.39 is 0 Å². The van der Waals surface area contributed by atoms with Gasteiger partial charge in [0.1, 0.15) is 11.6 Å². The Hall–Kier alpha value is -3.10. The maximum absolute atomic E-state index is 11.9. The molecule has 1 aromatic carbocycles. The van der Waals surface area contributed by atoms with Gasteiger partial charge in [-0.05, 0) is 50.1 Å². The van der Waals surface area contributed by atoms with Gasteiger partial charge in [0.2, 0.25) is 0 Å². The zero-order valence-electron chi connectivity index (χ0n) is 19.8. The maximum Gasteiger partial charge on any atom is 0.319 e. The van der Waals surface area contributed by atoms with Gasteiger partial charge in [-0.3, -0.25) is 4.98 Å². The van der Waals surface area contributed by atoms with E-state index in [4.69, 9.17) is 9.72 Å². The minimum Gasteiger partial charge on any atom is -0.495 e. The molecule has 10 heteroatoms. The van der Waals surface area contributed by atoms with E-state index in [2.05, 4.69) is 38.9 Å². The second-order valence-electron chi connectivity index (χ2n) is 7.40. The number of anilines is 2. The molecular formula is C24H32Cl2N6O2. The van der Waals surface area contributed by atoms with Gasteiger partial charge >= 0.3 is 6.03 Å². The standard InChI is InChI=1S/C24H30N6O2.2ClH/c1-5-8-19(18-9-7-12-25-15-18)28-22-16(3)14-27-23(30-22)17-10-11-20(21(13-17)32-4)29-24(31)26-6-2;;/h7,9-15,19H,5-6,8H2,1-4H3,(H2,26,29,31)(H,27,28,30);2*1H/t19-;;/m1../s1. The number of hydrogen-bond acceptors (Lipinski definition) is 6. The third-order valence-corrected chi connectivity index (χ3v) is 4.99. The predicted octanol–water partition coefficient (Wildman–Crippen LogP) is 5.79. The smallest absolute Gasteiger partial charge is 0.319 e.